The van der Waals surface area contributed by atoms with Crippen LogP contribution in [-0.4, -0.2) is 55.2 Å². The third-order valence-corrected chi connectivity index (χ3v) is 6.24. The van der Waals surface area contributed by atoms with E-state index in [2.05, 4.69) is 4.98 Å². The number of halogens is 3. The number of benzene rings is 2. The first-order chi connectivity index (χ1) is 14.0. The van der Waals surface area contributed by atoms with Gasteiger partial charge in [0.25, 0.3) is 0 Å². The second kappa shape index (κ2) is 7.17. The topological polar surface area (TPSA) is 86.9 Å². The average molecular weight is 441 g/mol. The Labute approximate surface area is 170 Å². The summed E-state index contributed by atoms with van der Waals surface area (Å²) in [5.74, 6) is -0.572. The van der Waals surface area contributed by atoms with Gasteiger partial charge in [-0.15, -0.1) is 0 Å². The summed E-state index contributed by atoms with van der Waals surface area (Å²) in [4.78, 5) is 6.28. The van der Waals surface area contributed by atoms with Crippen LogP contribution in [0.5, 0.6) is 5.75 Å². The molecule has 3 aromatic rings. The molecule has 0 spiro atoms. The van der Waals surface area contributed by atoms with E-state index in [0.717, 1.165) is 17.8 Å². The number of oxazole rings is 1. The number of alkyl halides is 3. The average Bonchev–Trinajstić information content (AvgIpc) is 3.09. The quantitative estimate of drug-likeness (QED) is 0.671. The van der Waals surface area contributed by atoms with Crippen LogP contribution in [0.3, 0.4) is 0 Å². The Balaban J connectivity index is 1.62. The van der Waals surface area contributed by atoms with Crippen LogP contribution >= 0.6 is 0 Å². The molecule has 0 amide bonds. The molecule has 0 radical (unpaired) electrons. The number of nitrogens with zero attached hydrogens (tertiary/aromatic N) is 3. The van der Waals surface area contributed by atoms with Crippen LogP contribution in [0.2, 0.25) is 0 Å². The molecule has 1 fully saturated rings. The molecule has 1 saturated heterocycles. The number of piperazine rings is 1. The molecule has 1 aliphatic rings. The maximum absolute atomic E-state index is 13.0. The van der Waals surface area contributed by atoms with Crippen molar-refractivity contribution in [2.45, 2.75) is 6.18 Å². The van der Waals surface area contributed by atoms with Crippen molar-refractivity contribution in [1.29, 1.82) is 0 Å². The zero-order valence-corrected chi connectivity index (χ0v) is 16.7. The predicted octanol–water partition coefficient (Wildman–Crippen LogP) is 3.30. The van der Waals surface area contributed by atoms with E-state index in [4.69, 9.17) is 4.42 Å². The van der Waals surface area contributed by atoms with E-state index >= 15 is 0 Å². The van der Waals surface area contributed by atoms with Crippen molar-refractivity contribution in [2.75, 3.05) is 37.3 Å². The van der Waals surface area contributed by atoms with Gasteiger partial charge in [-0.2, -0.15) is 17.5 Å². The number of phenolic OH excluding ortho intramolecular Hbond substituents is 1. The Hall–Kier alpha value is -2.79. The van der Waals surface area contributed by atoms with E-state index in [1.807, 2.05) is 4.90 Å². The van der Waals surface area contributed by atoms with Gasteiger partial charge in [0.15, 0.2) is 5.58 Å². The Morgan fingerprint density at radius 1 is 1.07 bits per heavy atom. The SMILES string of the molecule is CS(=O)(=O)N1CCN(c2ccc3oc(-c4cc(O)cc(C(F)(F)F)c4)nc3c2)CC1. The molecule has 4 rings (SSSR count). The van der Waals surface area contributed by atoms with Crippen LogP contribution in [0.4, 0.5) is 18.9 Å². The molecule has 0 bridgehead atoms. The normalized spacial score (nSPS) is 16.3. The molecule has 0 unspecified atom stereocenters. The molecule has 2 aromatic carbocycles. The fraction of sp³-hybridized carbons (Fsp3) is 0.316. The highest BCUT2D eigenvalue weighted by Gasteiger charge is 2.32. The molecule has 0 atom stereocenters. The summed E-state index contributed by atoms with van der Waals surface area (Å²) in [6.07, 6.45) is -3.43. The zero-order valence-electron chi connectivity index (χ0n) is 15.8. The van der Waals surface area contributed by atoms with E-state index in [0.29, 0.717) is 43.3 Å². The number of rotatable bonds is 3. The molecule has 1 aromatic heterocycles. The maximum atomic E-state index is 13.0. The van der Waals surface area contributed by atoms with Gasteiger partial charge >= 0.3 is 6.18 Å². The van der Waals surface area contributed by atoms with Crippen LogP contribution in [0.25, 0.3) is 22.6 Å². The number of aromatic hydroxyl groups is 1. The van der Waals surface area contributed by atoms with Crippen molar-refractivity contribution < 1.29 is 31.1 Å². The monoisotopic (exact) mass is 441 g/mol. The first-order valence-electron chi connectivity index (χ1n) is 9.03. The second-order valence-electron chi connectivity index (χ2n) is 7.09. The van der Waals surface area contributed by atoms with E-state index < -0.39 is 27.5 Å². The van der Waals surface area contributed by atoms with Crippen LogP contribution in [0, 0.1) is 0 Å². The van der Waals surface area contributed by atoms with E-state index in [-0.39, 0.29) is 11.5 Å². The number of sulfonamides is 1. The van der Waals surface area contributed by atoms with Gasteiger partial charge in [0, 0.05) is 37.4 Å². The van der Waals surface area contributed by atoms with Crippen molar-refractivity contribution >= 4 is 26.8 Å². The van der Waals surface area contributed by atoms with Crippen LogP contribution in [0.15, 0.2) is 40.8 Å². The fourth-order valence-corrected chi connectivity index (χ4v) is 4.24. The number of hydrogen-bond donors (Lipinski definition) is 1. The van der Waals surface area contributed by atoms with Crippen molar-refractivity contribution in [3.05, 3.63) is 42.0 Å². The number of aromatic nitrogens is 1. The van der Waals surface area contributed by atoms with E-state index in [1.54, 1.807) is 18.2 Å². The van der Waals surface area contributed by atoms with Gasteiger partial charge in [-0.3, -0.25) is 0 Å². The molecule has 11 heteroatoms. The minimum Gasteiger partial charge on any atom is -0.508 e. The molecule has 7 nitrogen and oxygen atoms in total. The Morgan fingerprint density at radius 3 is 2.40 bits per heavy atom. The van der Waals surface area contributed by atoms with Crippen LogP contribution < -0.4 is 4.90 Å². The predicted molar refractivity (Wildman–Crippen MR) is 105 cm³/mol. The number of fused-ring (bicyclic) bond motifs is 1. The minimum atomic E-state index is -4.61. The highest BCUT2D eigenvalue weighted by molar-refractivity contribution is 7.88. The van der Waals surface area contributed by atoms with Gasteiger partial charge in [-0.1, -0.05) is 0 Å². The highest BCUT2D eigenvalue weighted by Crippen LogP contribution is 2.36. The largest absolute Gasteiger partial charge is 0.508 e. The van der Waals surface area contributed by atoms with Crippen molar-refractivity contribution in [3.8, 4) is 17.2 Å². The summed E-state index contributed by atoms with van der Waals surface area (Å²) < 4.78 is 69.4. The Kier molecular flexibility index (Phi) is 4.89. The molecule has 2 heterocycles. The Bertz CT molecular complexity index is 1200. The van der Waals surface area contributed by atoms with Gasteiger partial charge in [-0.25, -0.2) is 13.4 Å². The summed E-state index contributed by atoms with van der Waals surface area (Å²) in [6.45, 7) is 1.74. The minimum absolute atomic E-state index is 0.0156. The molecular weight excluding hydrogens is 423 g/mol. The fourth-order valence-electron chi connectivity index (χ4n) is 3.41. The molecule has 1 N–H and O–H groups in total. The van der Waals surface area contributed by atoms with Crippen LogP contribution in [0.1, 0.15) is 5.56 Å². The van der Waals surface area contributed by atoms with Gasteiger partial charge in [0.2, 0.25) is 15.9 Å². The van der Waals surface area contributed by atoms with Gasteiger partial charge < -0.3 is 14.4 Å². The Morgan fingerprint density at radius 2 is 1.77 bits per heavy atom. The second-order valence-corrected chi connectivity index (χ2v) is 9.07. The molecule has 0 aliphatic carbocycles. The lowest BCUT2D eigenvalue weighted by Gasteiger charge is -2.34. The first-order valence-corrected chi connectivity index (χ1v) is 10.9. The summed E-state index contributed by atoms with van der Waals surface area (Å²) in [5.41, 5.74) is 0.666. The molecule has 160 valence electrons. The number of hydrogen-bond acceptors (Lipinski definition) is 6. The van der Waals surface area contributed by atoms with E-state index in [1.165, 1.54) is 10.6 Å². The summed E-state index contributed by atoms with van der Waals surface area (Å²) in [6, 6.07) is 7.86. The van der Waals surface area contributed by atoms with Gasteiger partial charge in [0.05, 0.1) is 11.8 Å². The zero-order chi connectivity index (χ0) is 21.7. The van der Waals surface area contributed by atoms with Crippen molar-refractivity contribution in [3.63, 3.8) is 0 Å². The summed E-state index contributed by atoms with van der Waals surface area (Å²) in [5, 5.41) is 9.66. The maximum Gasteiger partial charge on any atom is 0.416 e. The molecular formula is C19H18F3N3O4S. The standard InChI is InChI=1S/C19H18F3N3O4S/c1-30(27,28)25-6-4-24(5-7-25)14-2-3-17-16(11-14)23-18(29-17)12-8-13(19(20,21)22)10-15(26)9-12/h2-3,8-11,26H,4-7H2,1H3. The molecule has 0 saturated carbocycles. The smallest absolute Gasteiger partial charge is 0.416 e. The summed E-state index contributed by atoms with van der Waals surface area (Å²) in [7, 11) is -3.23. The lowest BCUT2D eigenvalue weighted by atomic mass is 10.1. The molecule has 30 heavy (non-hydrogen) atoms. The van der Waals surface area contributed by atoms with Gasteiger partial charge in [-0.05, 0) is 36.4 Å². The first kappa shape index (κ1) is 20.5. The van der Waals surface area contributed by atoms with Crippen LogP contribution in [-0.2, 0) is 16.2 Å². The van der Waals surface area contributed by atoms with Crippen molar-refractivity contribution in [2.24, 2.45) is 0 Å². The number of phenols is 1. The molecule has 1 aliphatic heterocycles. The lowest BCUT2D eigenvalue weighted by molar-refractivity contribution is -0.137. The number of anilines is 1. The third-order valence-electron chi connectivity index (χ3n) is 4.94. The lowest BCUT2D eigenvalue weighted by Crippen LogP contribution is -2.48. The van der Waals surface area contributed by atoms with Crippen molar-refractivity contribution in [1.82, 2.24) is 9.29 Å². The summed E-state index contributed by atoms with van der Waals surface area (Å²) >= 11 is 0. The van der Waals surface area contributed by atoms with Gasteiger partial charge in [0.1, 0.15) is 11.3 Å². The highest BCUT2D eigenvalue weighted by atomic mass is 32.2. The third kappa shape index (κ3) is 4.08. The van der Waals surface area contributed by atoms with E-state index in [9.17, 15) is 26.7 Å².